The van der Waals surface area contributed by atoms with E-state index in [-0.39, 0.29) is 0 Å². The molecule has 0 saturated heterocycles. The van der Waals surface area contributed by atoms with Gasteiger partial charge in [-0.25, -0.2) is 4.98 Å². The van der Waals surface area contributed by atoms with Crippen LogP contribution in [0.1, 0.15) is 16.7 Å². The molecule has 0 spiro atoms. The molecule has 0 aliphatic rings. The van der Waals surface area contributed by atoms with E-state index in [9.17, 15) is 0 Å². The summed E-state index contributed by atoms with van der Waals surface area (Å²) in [5, 5.41) is 0. The number of aromatic nitrogens is 1. The molecule has 2 N–H and O–H groups in total. The maximum atomic E-state index is 5.89. The number of nitrogens with two attached hydrogens (primary N) is 1. The Kier molecular flexibility index (Phi) is 3.57. The molecule has 1 aromatic carbocycles. The minimum Gasteiger partial charge on any atom is -0.437 e. The summed E-state index contributed by atoms with van der Waals surface area (Å²) in [6, 6.07) is 5.89. The zero-order valence-corrected chi connectivity index (χ0v) is 12.2. The van der Waals surface area contributed by atoms with Gasteiger partial charge >= 0.3 is 0 Å². The lowest BCUT2D eigenvalue weighted by molar-refractivity contribution is 0.458. The fraction of sp³-hybridized carbons (Fsp3) is 0.214. The summed E-state index contributed by atoms with van der Waals surface area (Å²) in [6.45, 7) is 6.10. The molecule has 4 heteroatoms. The minimum atomic E-state index is 0.440. The lowest BCUT2D eigenvalue weighted by Crippen LogP contribution is -1.98. The van der Waals surface area contributed by atoms with Gasteiger partial charge in [0.25, 0.3) is 0 Å². The van der Waals surface area contributed by atoms with Crippen LogP contribution in [0, 0.1) is 20.8 Å². The standard InChI is InChI=1S/C14H15BrN2O/c1-8-4-5-9(2)13(10(8)3)18-14-12(16)6-11(15)7-17-14/h4-7H,16H2,1-3H3. The number of aryl methyl sites for hydroxylation is 2. The Morgan fingerprint density at radius 1 is 1.17 bits per heavy atom. The highest BCUT2D eigenvalue weighted by Gasteiger charge is 2.10. The van der Waals surface area contributed by atoms with E-state index in [2.05, 4.69) is 33.9 Å². The summed E-state index contributed by atoms with van der Waals surface area (Å²) < 4.78 is 6.69. The van der Waals surface area contributed by atoms with Crippen LogP contribution >= 0.6 is 15.9 Å². The highest BCUT2D eigenvalue weighted by molar-refractivity contribution is 9.10. The number of halogens is 1. The van der Waals surface area contributed by atoms with E-state index in [1.807, 2.05) is 19.9 Å². The van der Waals surface area contributed by atoms with Crippen LogP contribution in [0.4, 0.5) is 5.69 Å². The van der Waals surface area contributed by atoms with E-state index < -0.39 is 0 Å². The van der Waals surface area contributed by atoms with Crippen molar-refractivity contribution in [2.24, 2.45) is 0 Å². The van der Waals surface area contributed by atoms with E-state index in [1.54, 1.807) is 12.3 Å². The zero-order chi connectivity index (χ0) is 13.3. The molecule has 0 atom stereocenters. The summed E-state index contributed by atoms with van der Waals surface area (Å²) in [5.74, 6) is 1.27. The first-order valence-corrected chi connectivity index (χ1v) is 6.44. The number of rotatable bonds is 2. The summed E-state index contributed by atoms with van der Waals surface area (Å²) in [7, 11) is 0. The van der Waals surface area contributed by atoms with Crippen LogP contribution < -0.4 is 10.5 Å². The smallest absolute Gasteiger partial charge is 0.242 e. The summed E-state index contributed by atoms with van der Waals surface area (Å²) in [4.78, 5) is 4.19. The molecule has 0 bridgehead atoms. The number of nitrogens with zero attached hydrogens (tertiary/aromatic N) is 1. The molecule has 0 saturated carbocycles. The molecular formula is C14H15BrN2O. The van der Waals surface area contributed by atoms with Crippen molar-refractivity contribution in [2.45, 2.75) is 20.8 Å². The maximum absolute atomic E-state index is 5.89. The molecule has 94 valence electrons. The molecule has 1 aromatic heterocycles. The van der Waals surface area contributed by atoms with Gasteiger partial charge in [0.15, 0.2) is 0 Å². The first kappa shape index (κ1) is 12.9. The third-order valence-electron chi connectivity index (χ3n) is 2.92. The molecule has 2 rings (SSSR count). The van der Waals surface area contributed by atoms with Gasteiger partial charge in [0.1, 0.15) is 5.75 Å². The predicted molar refractivity (Wildman–Crippen MR) is 77.1 cm³/mol. The fourth-order valence-electron chi connectivity index (χ4n) is 1.71. The van der Waals surface area contributed by atoms with Crippen LogP contribution in [0.2, 0.25) is 0 Å². The molecule has 3 nitrogen and oxygen atoms in total. The van der Waals surface area contributed by atoms with Crippen molar-refractivity contribution in [3.8, 4) is 11.6 Å². The van der Waals surface area contributed by atoms with Crippen molar-refractivity contribution in [3.63, 3.8) is 0 Å². The van der Waals surface area contributed by atoms with Crippen molar-refractivity contribution in [1.29, 1.82) is 0 Å². The van der Waals surface area contributed by atoms with Crippen LogP contribution in [0.5, 0.6) is 11.6 Å². The lowest BCUT2D eigenvalue weighted by Gasteiger charge is -2.14. The van der Waals surface area contributed by atoms with Gasteiger partial charge in [0.05, 0.1) is 5.69 Å². The third-order valence-corrected chi connectivity index (χ3v) is 3.35. The number of nitrogen functional groups attached to an aromatic ring is 1. The Balaban J connectivity index is 2.43. The summed E-state index contributed by atoms with van der Waals surface area (Å²) >= 11 is 3.32. The van der Waals surface area contributed by atoms with Crippen molar-refractivity contribution >= 4 is 21.6 Å². The van der Waals surface area contributed by atoms with E-state index in [0.717, 1.165) is 21.3 Å². The van der Waals surface area contributed by atoms with Crippen LogP contribution in [-0.2, 0) is 0 Å². The molecule has 18 heavy (non-hydrogen) atoms. The molecule has 2 aromatic rings. The Hall–Kier alpha value is -1.55. The first-order valence-electron chi connectivity index (χ1n) is 5.64. The highest BCUT2D eigenvalue weighted by Crippen LogP contribution is 2.32. The number of anilines is 1. The second-order valence-corrected chi connectivity index (χ2v) is 5.22. The van der Waals surface area contributed by atoms with Gasteiger partial charge in [-0.2, -0.15) is 0 Å². The zero-order valence-electron chi connectivity index (χ0n) is 10.6. The summed E-state index contributed by atoms with van der Waals surface area (Å²) in [5.41, 5.74) is 9.78. The largest absolute Gasteiger partial charge is 0.437 e. The normalized spacial score (nSPS) is 10.4. The van der Waals surface area contributed by atoms with Gasteiger partial charge in [-0.15, -0.1) is 0 Å². The second kappa shape index (κ2) is 4.98. The average molecular weight is 307 g/mol. The third kappa shape index (κ3) is 2.48. The van der Waals surface area contributed by atoms with Crippen molar-refractivity contribution in [2.75, 3.05) is 5.73 Å². The number of hydrogen-bond donors (Lipinski definition) is 1. The summed E-state index contributed by atoms with van der Waals surface area (Å²) in [6.07, 6.45) is 1.67. The van der Waals surface area contributed by atoms with E-state index in [1.165, 1.54) is 5.56 Å². The van der Waals surface area contributed by atoms with Crippen LogP contribution in [0.25, 0.3) is 0 Å². The van der Waals surface area contributed by atoms with Gasteiger partial charge < -0.3 is 10.5 Å². The fourth-order valence-corrected chi connectivity index (χ4v) is 2.06. The van der Waals surface area contributed by atoms with Gasteiger partial charge in [-0.05, 0) is 59.5 Å². The van der Waals surface area contributed by atoms with E-state index in [4.69, 9.17) is 10.5 Å². The Morgan fingerprint density at radius 2 is 1.83 bits per heavy atom. The quantitative estimate of drug-likeness (QED) is 0.907. The maximum Gasteiger partial charge on any atom is 0.242 e. The lowest BCUT2D eigenvalue weighted by atomic mass is 10.1. The van der Waals surface area contributed by atoms with Gasteiger partial charge in [0, 0.05) is 10.7 Å². The molecule has 1 heterocycles. The van der Waals surface area contributed by atoms with E-state index >= 15 is 0 Å². The molecular weight excluding hydrogens is 292 g/mol. The highest BCUT2D eigenvalue weighted by atomic mass is 79.9. The Labute approximate surface area is 115 Å². The van der Waals surface area contributed by atoms with Crippen LogP contribution in [0.3, 0.4) is 0 Å². The molecule has 0 amide bonds. The number of ether oxygens (including phenoxy) is 1. The average Bonchev–Trinajstić information content (AvgIpc) is 2.32. The predicted octanol–water partition coefficient (Wildman–Crippen LogP) is 4.14. The van der Waals surface area contributed by atoms with Gasteiger partial charge in [-0.1, -0.05) is 12.1 Å². The number of hydrogen-bond acceptors (Lipinski definition) is 3. The van der Waals surface area contributed by atoms with Crippen molar-refractivity contribution in [1.82, 2.24) is 4.98 Å². The monoisotopic (exact) mass is 306 g/mol. The first-order chi connectivity index (χ1) is 8.49. The minimum absolute atomic E-state index is 0.440. The van der Waals surface area contributed by atoms with Crippen LogP contribution in [0.15, 0.2) is 28.9 Å². The number of pyridine rings is 1. The molecule has 0 unspecified atom stereocenters. The van der Waals surface area contributed by atoms with E-state index in [0.29, 0.717) is 11.6 Å². The number of benzene rings is 1. The Morgan fingerprint density at radius 3 is 2.50 bits per heavy atom. The molecule has 0 fully saturated rings. The topological polar surface area (TPSA) is 48.1 Å². The molecule has 0 radical (unpaired) electrons. The second-order valence-electron chi connectivity index (χ2n) is 4.30. The SMILES string of the molecule is Cc1ccc(C)c(Oc2ncc(Br)cc2N)c1C. The molecule has 0 aliphatic heterocycles. The van der Waals surface area contributed by atoms with Crippen LogP contribution in [-0.4, -0.2) is 4.98 Å². The van der Waals surface area contributed by atoms with Gasteiger partial charge in [-0.3, -0.25) is 0 Å². The Bertz CT molecular complexity index is 597. The van der Waals surface area contributed by atoms with Crippen molar-refractivity contribution in [3.05, 3.63) is 45.6 Å². The van der Waals surface area contributed by atoms with Crippen molar-refractivity contribution < 1.29 is 4.74 Å². The van der Waals surface area contributed by atoms with Gasteiger partial charge in [0.2, 0.25) is 5.88 Å². The molecule has 0 aliphatic carbocycles.